The Bertz CT molecular complexity index is 1300. The number of carbonyl (C=O) groups excluding carboxylic acids is 1. The van der Waals surface area contributed by atoms with Gasteiger partial charge < -0.3 is 19.9 Å². The van der Waals surface area contributed by atoms with Crippen LogP contribution in [0, 0.1) is 6.92 Å². The Morgan fingerprint density at radius 2 is 1.80 bits per heavy atom. The second-order valence-electron chi connectivity index (χ2n) is 8.86. The van der Waals surface area contributed by atoms with Gasteiger partial charge >= 0.3 is 6.18 Å². The largest absolute Gasteiger partial charge is 0.433 e. The van der Waals surface area contributed by atoms with Gasteiger partial charge in [0.1, 0.15) is 5.82 Å². The maximum atomic E-state index is 13.8. The topological polar surface area (TPSA) is 100 Å². The Labute approximate surface area is 199 Å². The zero-order chi connectivity index (χ0) is 25.5. The van der Waals surface area contributed by atoms with E-state index in [0.29, 0.717) is 24.3 Å². The monoisotopic (exact) mass is 489 g/mol. The fraction of sp³-hybridized carbons (Fsp3) is 0.417. The van der Waals surface area contributed by atoms with Crippen LogP contribution in [0.5, 0.6) is 0 Å². The molecule has 0 spiro atoms. The average molecular weight is 489 g/mol. The Morgan fingerprint density at radius 3 is 2.40 bits per heavy atom. The van der Waals surface area contributed by atoms with Gasteiger partial charge in [-0.05, 0) is 58.0 Å². The van der Waals surface area contributed by atoms with E-state index in [9.17, 15) is 22.8 Å². The highest BCUT2D eigenvalue weighted by Gasteiger charge is 2.37. The van der Waals surface area contributed by atoms with Crippen molar-refractivity contribution in [2.75, 3.05) is 18.4 Å². The van der Waals surface area contributed by atoms with Gasteiger partial charge in [0.15, 0.2) is 11.3 Å². The number of anilines is 1. The first-order valence-corrected chi connectivity index (χ1v) is 11.2. The third kappa shape index (κ3) is 5.29. The molecule has 1 aliphatic heterocycles. The van der Waals surface area contributed by atoms with Crippen molar-refractivity contribution in [1.29, 1.82) is 0 Å². The number of ether oxygens (including phenoxy) is 1. The van der Waals surface area contributed by atoms with Crippen molar-refractivity contribution in [1.82, 2.24) is 19.9 Å². The van der Waals surface area contributed by atoms with Crippen molar-refractivity contribution in [3.05, 3.63) is 63.3 Å². The minimum Gasteiger partial charge on any atom is -0.378 e. The van der Waals surface area contributed by atoms with E-state index >= 15 is 0 Å². The van der Waals surface area contributed by atoms with Gasteiger partial charge in [-0.15, -0.1) is 0 Å². The SMILES string of the molecule is Cc1nc2nc(C(F)(F)F)c([C@H](C)Nc3ccc(C(=O)N4C[C@@H](C)O[C@@H](C)C4)cc3)cc2c(=O)[nH]1. The summed E-state index contributed by atoms with van der Waals surface area (Å²) >= 11 is 0. The number of carbonyl (C=O) groups is 1. The summed E-state index contributed by atoms with van der Waals surface area (Å²) in [6, 6.07) is 6.86. The van der Waals surface area contributed by atoms with Gasteiger partial charge in [-0.25, -0.2) is 9.97 Å². The fourth-order valence-electron chi connectivity index (χ4n) is 4.31. The molecule has 1 saturated heterocycles. The van der Waals surface area contributed by atoms with E-state index < -0.39 is 23.5 Å². The number of H-pyrrole nitrogens is 1. The number of morpholine rings is 1. The number of alkyl halides is 3. The van der Waals surface area contributed by atoms with Crippen molar-refractivity contribution in [2.24, 2.45) is 0 Å². The standard InChI is InChI=1S/C24H26F3N5O3/c1-12-10-32(11-13(2)35-12)23(34)16-5-7-17(8-6-16)28-14(3)18-9-19-21(29-15(4)30-22(19)33)31-20(18)24(25,26)27/h5-9,12-14,28H,10-11H2,1-4H3,(H,29,30,31,33)/t12-,13+,14-/m0/s1. The summed E-state index contributed by atoms with van der Waals surface area (Å²) in [5.74, 6) is 0.0457. The molecule has 8 nitrogen and oxygen atoms in total. The summed E-state index contributed by atoms with van der Waals surface area (Å²) in [6.07, 6.45) is -4.86. The normalized spacial score (nSPS) is 19.6. The van der Waals surface area contributed by atoms with E-state index in [1.54, 1.807) is 36.1 Å². The first-order valence-electron chi connectivity index (χ1n) is 11.2. The first kappa shape index (κ1) is 24.6. The lowest BCUT2D eigenvalue weighted by Gasteiger charge is -2.35. The second-order valence-corrected chi connectivity index (χ2v) is 8.86. The van der Waals surface area contributed by atoms with Crippen LogP contribution < -0.4 is 10.9 Å². The third-order valence-electron chi connectivity index (χ3n) is 5.80. The van der Waals surface area contributed by atoms with Crippen LogP contribution in [0.2, 0.25) is 0 Å². The smallest absolute Gasteiger partial charge is 0.378 e. The lowest BCUT2D eigenvalue weighted by Crippen LogP contribution is -2.48. The van der Waals surface area contributed by atoms with Gasteiger partial charge in [-0.1, -0.05) is 0 Å². The number of aryl methyl sites for hydroxylation is 1. The molecular weight excluding hydrogens is 463 g/mol. The maximum Gasteiger partial charge on any atom is 0.433 e. The number of nitrogens with zero attached hydrogens (tertiary/aromatic N) is 3. The van der Waals surface area contributed by atoms with Crippen LogP contribution in [0.3, 0.4) is 0 Å². The van der Waals surface area contributed by atoms with E-state index in [1.807, 2.05) is 13.8 Å². The zero-order valence-corrected chi connectivity index (χ0v) is 19.7. The van der Waals surface area contributed by atoms with Crippen LogP contribution in [0.15, 0.2) is 35.1 Å². The van der Waals surface area contributed by atoms with E-state index in [-0.39, 0.29) is 40.5 Å². The second kappa shape index (κ2) is 9.29. The highest BCUT2D eigenvalue weighted by atomic mass is 19.4. The molecule has 0 bridgehead atoms. The summed E-state index contributed by atoms with van der Waals surface area (Å²) in [5, 5.41) is 2.98. The number of rotatable bonds is 4. The summed E-state index contributed by atoms with van der Waals surface area (Å²) in [5.41, 5.74) is -1.12. The molecule has 1 amide bonds. The summed E-state index contributed by atoms with van der Waals surface area (Å²) in [4.78, 5) is 37.0. The van der Waals surface area contributed by atoms with E-state index in [2.05, 4.69) is 20.3 Å². The molecule has 3 heterocycles. The number of nitrogens with one attached hydrogen (secondary N) is 2. The summed E-state index contributed by atoms with van der Waals surface area (Å²) in [6.45, 7) is 7.82. The number of halogens is 3. The Kier molecular flexibility index (Phi) is 6.54. The number of amides is 1. The molecule has 0 unspecified atom stereocenters. The van der Waals surface area contributed by atoms with E-state index in [1.165, 1.54) is 13.0 Å². The molecule has 2 N–H and O–H groups in total. The molecule has 4 rings (SSSR count). The minimum absolute atomic E-state index is 0.0258. The molecule has 0 aliphatic carbocycles. The Morgan fingerprint density at radius 1 is 1.17 bits per heavy atom. The van der Waals surface area contributed by atoms with Crippen molar-refractivity contribution in [3.8, 4) is 0 Å². The quantitative estimate of drug-likeness (QED) is 0.573. The summed E-state index contributed by atoms with van der Waals surface area (Å²) in [7, 11) is 0. The molecule has 0 radical (unpaired) electrons. The lowest BCUT2D eigenvalue weighted by molar-refractivity contribution is -0.141. The predicted octanol–water partition coefficient (Wildman–Crippen LogP) is 4.07. The molecule has 1 fully saturated rings. The Hall–Kier alpha value is -3.47. The van der Waals surface area contributed by atoms with Crippen LogP contribution in [0.1, 0.15) is 54.3 Å². The average Bonchev–Trinajstić information content (AvgIpc) is 2.77. The molecule has 3 atom stereocenters. The molecule has 0 saturated carbocycles. The molecule has 1 aromatic carbocycles. The number of benzene rings is 1. The number of aromatic nitrogens is 3. The van der Waals surface area contributed by atoms with Crippen LogP contribution in [0.4, 0.5) is 18.9 Å². The lowest BCUT2D eigenvalue weighted by atomic mass is 10.0. The highest BCUT2D eigenvalue weighted by molar-refractivity contribution is 5.94. The summed E-state index contributed by atoms with van der Waals surface area (Å²) < 4.78 is 47.1. The third-order valence-corrected chi connectivity index (χ3v) is 5.80. The number of hydrogen-bond donors (Lipinski definition) is 2. The molecule has 35 heavy (non-hydrogen) atoms. The number of pyridine rings is 1. The predicted molar refractivity (Wildman–Crippen MR) is 124 cm³/mol. The van der Waals surface area contributed by atoms with Crippen LogP contribution in [0.25, 0.3) is 11.0 Å². The van der Waals surface area contributed by atoms with Gasteiger partial charge in [0.2, 0.25) is 0 Å². The molecule has 3 aromatic rings. The van der Waals surface area contributed by atoms with Gasteiger partial charge in [-0.2, -0.15) is 13.2 Å². The number of aromatic amines is 1. The van der Waals surface area contributed by atoms with E-state index in [4.69, 9.17) is 4.74 Å². The van der Waals surface area contributed by atoms with Crippen LogP contribution >= 0.6 is 0 Å². The fourth-order valence-corrected chi connectivity index (χ4v) is 4.31. The zero-order valence-electron chi connectivity index (χ0n) is 19.7. The maximum absolute atomic E-state index is 13.8. The molecule has 1 aliphatic rings. The molecule has 186 valence electrons. The first-order chi connectivity index (χ1) is 16.4. The molecular formula is C24H26F3N5O3. The van der Waals surface area contributed by atoms with Gasteiger partial charge in [0.05, 0.1) is 23.6 Å². The van der Waals surface area contributed by atoms with Crippen molar-refractivity contribution >= 4 is 22.6 Å². The molecule has 2 aromatic heterocycles. The van der Waals surface area contributed by atoms with Crippen molar-refractivity contribution in [3.63, 3.8) is 0 Å². The van der Waals surface area contributed by atoms with Crippen molar-refractivity contribution in [2.45, 2.75) is 52.1 Å². The van der Waals surface area contributed by atoms with Crippen LogP contribution in [-0.2, 0) is 10.9 Å². The van der Waals surface area contributed by atoms with Gasteiger partial charge in [0.25, 0.3) is 11.5 Å². The van der Waals surface area contributed by atoms with Gasteiger partial charge in [0, 0.05) is 29.9 Å². The van der Waals surface area contributed by atoms with Crippen LogP contribution in [-0.4, -0.2) is 51.1 Å². The minimum atomic E-state index is -4.74. The highest BCUT2D eigenvalue weighted by Crippen LogP contribution is 2.35. The number of hydrogen-bond acceptors (Lipinski definition) is 6. The van der Waals surface area contributed by atoms with E-state index in [0.717, 1.165) is 0 Å². The van der Waals surface area contributed by atoms with Gasteiger partial charge in [-0.3, -0.25) is 9.59 Å². The molecule has 11 heteroatoms. The Balaban J connectivity index is 1.59. The number of fused-ring (bicyclic) bond motifs is 1. The van der Waals surface area contributed by atoms with Crippen molar-refractivity contribution < 1.29 is 22.7 Å².